The lowest BCUT2D eigenvalue weighted by Crippen LogP contribution is -2.41. The van der Waals surface area contributed by atoms with Crippen LogP contribution in [0.3, 0.4) is 0 Å². The lowest BCUT2D eigenvalue weighted by molar-refractivity contribution is 0.0844. The molecule has 1 aromatic carbocycles. The Bertz CT molecular complexity index is 903. The Hall–Kier alpha value is -3.22. The zero-order valence-electron chi connectivity index (χ0n) is 12.9. The number of hydrogen-bond acceptors (Lipinski definition) is 5. The number of sulfonamides is 1. The molecular formula is C16H14N4O4S. The van der Waals surface area contributed by atoms with Gasteiger partial charge in [0, 0.05) is 11.8 Å². The molecule has 0 aliphatic heterocycles. The zero-order valence-corrected chi connectivity index (χ0v) is 13.7. The molecule has 0 spiro atoms. The van der Waals surface area contributed by atoms with Gasteiger partial charge in [-0.2, -0.15) is 4.72 Å². The number of amides is 2. The van der Waals surface area contributed by atoms with Gasteiger partial charge in [-0.05, 0) is 36.4 Å². The molecule has 0 bridgehead atoms. The van der Waals surface area contributed by atoms with Crippen molar-refractivity contribution in [1.82, 2.24) is 20.6 Å². The minimum Gasteiger partial charge on any atom is -0.267 e. The number of carbonyl (C=O) groups excluding carboxylic acids is 2. The minimum atomic E-state index is -3.73. The summed E-state index contributed by atoms with van der Waals surface area (Å²) in [5.74, 6) is 0.980. The predicted molar refractivity (Wildman–Crippen MR) is 89.6 cm³/mol. The van der Waals surface area contributed by atoms with E-state index in [0.29, 0.717) is 0 Å². The van der Waals surface area contributed by atoms with Crippen LogP contribution in [0.2, 0.25) is 0 Å². The highest BCUT2D eigenvalue weighted by Crippen LogP contribution is 2.10. The first kappa shape index (κ1) is 18.1. The van der Waals surface area contributed by atoms with Crippen LogP contribution in [0.25, 0.3) is 0 Å². The molecule has 0 aliphatic carbocycles. The van der Waals surface area contributed by atoms with E-state index in [1.165, 1.54) is 36.5 Å². The van der Waals surface area contributed by atoms with Crippen LogP contribution in [0.15, 0.2) is 53.6 Å². The Labute approximate surface area is 144 Å². The average Bonchev–Trinajstić information content (AvgIpc) is 2.65. The third-order valence-electron chi connectivity index (χ3n) is 2.98. The molecule has 0 saturated heterocycles. The molecule has 25 heavy (non-hydrogen) atoms. The fourth-order valence-corrected chi connectivity index (χ4v) is 2.69. The van der Waals surface area contributed by atoms with Crippen molar-refractivity contribution < 1.29 is 18.0 Å². The van der Waals surface area contributed by atoms with Gasteiger partial charge in [0.15, 0.2) is 0 Å². The van der Waals surface area contributed by atoms with Crippen LogP contribution in [-0.4, -0.2) is 31.8 Å². The van der Waals surface area contributed by atoms with Gasteiger partial charge in [0.2, 0.25) is 10.0 Å². The number of pyridine rings is 1. The summed E-state index contributed by atoms with van der Waals surface area (Å²) in [4.78, 5) is 27.6. The second-order valence-electron chi connectivity index (χ2n) is 4.68. The molecule has 1 aromatic heterocycles. The Kier molecular flexibility index (Phi) is 5.84. The number of hydrogen-bond donors (Lipinski definition) is 3. The van der Waals surface area contributed by atoms with E-state index in [0.717, 1.165) is 0 Å². The standard InChI is InChI=1S/C16H14N4O4S/c1-2-10-18-25(23,24)13-8-6-12(7-9-13)15(21)19-20-16(22)14-5-3-4-11-17-14/h1,3-9,11,18H,10H2,(H,19,21)(H,20,22). The van der Waals surface area contributed by atoms with Crippen molar-refractivity contribution >= 4 is 21.8 Å². The lowest BCUT2D eigenvalue weighted by Gasteiger charge is -2.08. The number of benzene rings is 1. The van der Waals surface area contributed by atoms with Gasteiger partial charge in [0.05, 0.1) is 11.4 Å². The second kappa shape index (κ2) is 8.05. The Morgan fingerprint density at radius 1 is 1.04 bits per heavy atom. The molecular weight excluding hydrogens is 344 g/mol. The topological polar surface area (TPSA) is 117 Å². The number of terminal acetylenes is 1. The number of nitrogens with zero attached hydrogens (tertiary/aromatic N) is 1. The molecule has 8 nitrogen and oxygen atoms in total. The highest BCUT2D eigenvalue weighted by Gasteiger charge is 2.14. The molecule has 0 radical (unpaired) electrons. The molecule has 0 aliphatic rings. The van der Waals surface area contributed by atoms with Crippen molar-refractivity contribution in [1.29, 1.82) is 0 Å². The molecule has 2 amide bonds. The molecule has 0 unspecified atom stereocenters. The summed E-state index contributed by atoms with van der Waals surface area (Å²) in [5, 5.41) is 0. The smallest absolute Gasteiger partial charge is 0.267 e. The highest BCUT2D eigenvalue weighted by atomic mass is 32.2. The number of aromatic nitrogens is 1. The lowest BCUT2D eigenvalue weighted by atomic mass is 10.2. The Morgan fingerprint density at radius 3 is 2.32 bits per heavy atom. The van der Waals surface area contributed by atoms with Crippen LogP contribution in [0.1, 0.15) is 20.8 Å². The van der Waals surface area contributed by atoms with E-state index in [1.807, 2.05) is 0 Å². The van der Waals surface area contributed by atoms with Gasteiger partial charge in [-0.3, -0.25) is 25.4 Å². The molecule has 0 saturated carbocycles. The summed E-state index contributed by atoms with van der Waals surface area (Å²) in [6, 6.07) is 9.92. The molecule has 0 atom stereocenters. The quantitative estimate of drug-likeness (QED) is 0.516. The van der Waals surface area contributed by atoms with Crippen LogP contribution < -0.4 is 15.6 Å². The van der Waals surface area contributed by atoms with Gasteiger partial charge >= 0.3 is 0 Å². The monoisotopic (exact) mass is 358 g/mol. The second-order valence-corrected chi connectivity index (χ2v) is 6.44. The van der Waals surface area contributed by atoms with E-state index >= 15 is 0 Å². The summed E-state index contributed by atoms with van der Waals surface area (Å²) in [7, 11) is -3.73. The summed E-state index contributed by atoms with van der Waals surface area (Å²) in [6.45, 7) is -0.135. The maximum absolute atomic E-state index is 12.0. The summed E-state index contributed by atoms with van der Waals surface area (Å²) in [5.41, 5.74) is 4.74. The maximum atomic E-state index is 12.0. The maximum Gasteiger partial charge on any atom is 0.288 e. The average molecular weight is 358 g/mol. The van der Waals surface area contributed by atoms with E-state index in [2.05, 4.69) is 26.5 Å². The van der Waals surface area contributed by atoms with E-state index in [9.17, 15) is 18.0 Å². The number of nitrogens with one attached hydrogen (secondary N) is 3. The van der Waals surface area contributed by atoms with Crippen LogP contribution in [0.4, 0.5) is 0 Å². The first-order valence-corrected chi connectivity index (χ1v) is 8.47. The number of carbonyl (C=O) groups is 2. The molecule has 3 N–H and O–H groups in total. The summed E-state index contributed by atoms with van der Waals surface area (Å²) in [6.07, 6.45) is 6.46. The summed E-state index contributed by atoms with van der Waals surface area (Å²) < 4.78 is 25.9. The van der Waals surface area contributed by atoms with Crippen molar-refractivity contribution in [2.45, 2.75) is 4.90 Å². The third kappa shape index (κ3) is 4.87. The van der Waals surface area contributed by atoms with Crippen LogP contribution in [-0.2, 0) is 10.0 Å². The Balaban J connectivity index is 1.99. The molecule has 0 fully saturated rings. The summed E-state index contributed by atoms with van der Waals surface area (Å²) >= 11 is 0. The van der Waals surface area contributed by atoms with Crippen molar-refractivity contribution in [3.63, 3.8) is 0 Å². The fraction of sp³-hybridized carbons (Fsp3) is 0.0625. The zero-order chi connectivity index (χ0) is 18.3. The first-order chi connectivity index (χ1) is 11.9. The molecule has 128 valence electrons. The first-order valence-electron chi connectivity index (χ1n) is 6.99. The van der Waals surface area contributed by atoms with Crippen molar-refractivity contribution in [2.24, 2.45) is 0 Å². The molecule has 1 heterocycles. The SMILES string of the molecule is C#CCNS(=O)(=O)c1ccc(C(=O)NNC(=O)c2ccccn2)cc1. The highest BCUT2D eigenvalue weighted by molar-refractivity contribution is 7.89. The normalized spacial score (nSPS) is 10.5. The van der Waals surface area contributed by atoms with Crippen molar-refractivity contribution in [3.05, 3.63) is 59.9 Å². The van der Waals surface area contributed by atoms with Gasteiger partial charge in [-0.1, -0.05) is 12.0 Å². The molecule has 9 heteroatoms. The number of rotatable bonds is 5. The van der Waals surface area contributed by atoms with Crippen molar-refractivity contribution in [2.75, 3.05) is 6.54 Å². The van der Waals surface area contributed by atoms with Gasteiger partial charge < -0.3 is 0 Å². The minimum absolute atomic E-state index is 0.0307. The molecule has 2 rings (SSSR count). The van der Waals surface area contributed by atoms with Crippen LogP contribution in [0.5, 0.6) is 0 Å². The molecule has 2 aromatic rings. The van der Waals surface area contributed by atoms with Gasteiger partial charge in [0.25, 0.3) is 11.8 Å². The van der Waals surface area contributed by atoms with E-state index in [4.69, 9.17) is 6.42 Å². The van der Waals surface area contributed by atoms with E-state index in [-0.39, 0.29) is 22.7 Å². The van der Waals surface area contributed by atoms with Crippen LogP contribution >= 0.6 is 0 Å². The van der Waals surface area contributed by atoms with E-state index < -0.39 is 21.8 Å². The Morgan fingerprint density at radius 2 is 1.72 bits per heavy atom. The number of hydrazine groups is 1. The predicted octanol–water partition coefficient (Wildman–Crippen LogP) is 0.0679. The van der Waals surface area contributed by atoms with Gasteiger partial charge in [0.1, 0.15) is 5.69 Å². The van der Waals surface area contributed by atoms with E-state index in [1.54, 1.807) is 12.1 Å². The fourth-order valence-electron chi connectivity index (χ4n) is 1.75. The van der Waals surface area contributed by atoms with Crippen molar-refractivity contribution in [3.8, 4) is 12.3 Å². The van der Waals surface area contributed by atoms with Gasteiger partial charge in [-0.15, -0.1) is 6.42 Å². The van der Waals surface area contributed by atoms with Gasteiger partial charge in [-0.25, -0.2) is 8.42 Å². The largest absolute Gasteiger partial charge is 0.288 e. The third-order valence-corrected chi connectivity index (χ3v) is 4.40. The van der Waals surface area contributed by atoms with Crippen LogP contribution in [0, 0.1) is 12.3 Å².